The SMILES string of the molecule is C/C(=N/NC(=O)c1cccc([N+](=O)[O-])c1)C1CC1. The molecule has 0 spiro atoms. The first-order valence-corrected chi connectivity index (χ1v) is 5.67. The minimum atomic E-state index is -0.532. The van der Waals surface area contributed by atoms with Crippen molar-refractivity contribution in [2.45, 2.75) is 19.8 Å². The van der Waals surface area contributed by atoms with E-state index in [2.05, 4.69) is 10.5 Å². The molecule has 0 atom stereocenters. The molecule has 18 heavy (non-hydrogen) atoms. The Kier molecular flexibility index (Phi) is 3.36. The van der Waals surface area contributed by atoms with E-state index in [4.69, 9.17) is 0 Å². The standard InChI is InChI=1S/C12H13N3O3/c1-8(9-5-6-9)13-14-12(16)10-3-2-4-11(7-10)15(17)18/h2-4,7,9H,5-6H2,1H3,(H,14,16)/b13-8-. The van der Waals surface area contributed by atoms with Gasteiger partial charge in [-0.1, -0.05) is 6.07 Å². The third-order valence-electron chi connectivity index (χ3n) is 2.82. The number of hydrogen-bond donors (Lipinski definition) is 1. The summed E-state index contributed by atoms with van der Waals surface area (Å²) in [7, 11) is 0. The molecule has 1 aliphatic rings. The molecule has 6 heteroatoms. The number of nitrogens with zero attached hydrogens (tertiary/aromatic N) is 2. The van der Waals surface area contributed by atoms with Gasteiger partial charge in [0.15, 0.2) is 0 Å². The maximum atomic E-state index is 11.7. The molecule has 1 fully saturated rings. The average molecular weight is 247 g/mol. The summed E-state index contributed by atoms with van der Waals surface area (Å²) in [6.45, 7) is 1.87. The van der Waals surface area contributed by atoms with E-state index in [1.54, 1.807) is 0 Å². The predicted molar refractivity (Wildman–Crippen MR) is 66.4 cm³/mol. The number of hydrogen-bond acceptors (Lipinski definition) is 4. The molecule has 6 nitrogen and oxygen atoms in total. The molecular formula is C12H13N3O3. The molecule has 0 saturated heterocycles. The largest absolute Gasteiger partial charge is 0.271 e. The number of amides is 1. The van der Waals surface area contributed by atoms with Crippen LogP contribution in [-0.2, 0) is 0 Å². The highest BCUT2D eigenvalue weighted by Crippen LogP contribution is 2.30. The van der Waals surface area contributed by atoms with Crippen molar-refractivity contribution in [1.82, 2.24) is 5.43 Å². The molecule has 1 aromatic carbocycles. The van der Waals surface area contributed by atoms with Crippen molar-refractivity contribution in [2.75, 3.05) is 0 Å². The average Bonchev–Trinajstić information content (AvgIpc) is 3.20. The van der Waals surface area contributed by atoms with Gasteiger partial charge in [-0.15, -0.1) is 0 Å². The van der Waals surface area contributed by atoms with Crippen molar-refractivity contribution in [2.24, 2.45) is 11.0 Å². The fourth-order valence-electron chi connectivity index (χ4n) is 1.56. The van der Waals surface area contributed by atoms with Crippen LogP contribution in [0.5, 0.6) is 0 Å². The van der Waals surface area contributed by atoms with Gasteiger partial charge in [-0.25, -0.2) is 5.43 Å². The van der Waals surface area contributed by atoms with Crippen molar-refractivity contribution >= 4 is 17.3 Å². The zero-order valence-corrected chi connectivity index (χ0v) is 9.92. The Hall–Kier alpha value is -2.24. The van der Waals surface area contributed by atoms with Crippen LogP contribution in [0.25, 0.3) is 0 Å². The predicted octanol–water partition coefficient (Wildman–Crippen LogP) is 2.11. The molecule has 0 bridgehead atoms. The number of benzene rings is 1. The summed E-state index contributed by atoms with van der Waals surface area (Å²) in [5.74, 6) is 0.0501. The Balaban J connectivity index is 2.06. The molecule has 94 valence electrons. The number of nitro groups is 1. The summed E-state index contributed by atoms with van der Waals surface area (Å²) < 4.78 is 0. The van der Waals surface area contributed by atoms with Crippen LogP contribution in [0.4, 0.5) is 5.69 Å². The van der Waals surface area contributed by atoms with E-state index in [1.165, 1.54) is 24.3 Å². The second kappa shape index (κ2) is 4.95. The number of nitro benzene ring substituents is 1. The Morgan fingerprint density at radius 1 is 1.50 bits per heavy atom. The van der Waals surface area contributed by atoms with Crippen LogP contribution in [0.15, 0.2) is 29.4 Å². The highest BCUT2D eigenvalue weighted by molar-refractivity contribution is 5.96. The maximum absolute atomic E-state index is 11.7. The Labute approximate surface area is 104 Å². The van der Waals surface area contributed by atoms with Crippen LogP contribution in [0.2, 0.25) is 0 Å². The molecule has 1 amide bonds. The Bertz CT molecular complexity index is 521. The number of rotatable bonds is 4. The molecule has 0 aromatic heterocycles. The zero-order valence-electron chi connectivity index (χ0n) is 9.92. The monoisotopic (exact) mass is 247 g/mol. The van der Waals surface area contributed by atoms with Crippen LogP contribution in [0.3, 0.4) is 0 Å². The summed E-state index contributed by atoms with van der Waals surface area (Å²) in [6, 6.07) is 5.57. The third kappa shape index (κ3) is 2.91. The minimum Gasteiger partial charge on any atom is -0.267 e. The first kappa shape index (κ1) is 12.2. The summed E-state index contributed by atoms with van der Waals surface area (Å²) in [5, 5.41) is 14.6. The molecular weight excluding hydrogens is 234 g/mol. The van der Waals surface area contributed by atoms with Crippen LogP contribution < -0.4 is 5.43 Å². The fourth-order valence-corrected chi connectivity index (χ4v) is 1.56. The number of nitrogens with one attached hydrogen (secondary N) is 1. The van der Waals surface area contributed by atoms with Crippen LogP contribution >= 0.6 is 0 Å². The van der Waals surface area contributed by atoms with Crippen molar-refractivity contribution in [3.63, 3.8) is 0 Å². The van der Waals surface area contributed by atoms with Gasteiger partial charge < -0.3 is 0 Å². The number of carbonyl (C=O) groups excluding carboxylic acids is 1. The van der Waals surface area contributed by atoms with E-state index in [9.17, 15) is 14.9 Å². The van der Waals surface area contributed by atoms with Crippen LogP contribution in [0.1, 0.15) is 30.1 Å². The highest BCUT2D eigenvalue weighted by atomic mass is 16.6. The zero-order chi connectivity index (χ0) is 13.1. The van der Waals surface area contributed by atoms with Crippen LogP contribution in [0, 0.1) is 16.0 Å². The van der Waals surface area contributed by atoms with E-state index in [1.807, 2.05) is 6.92 Å². The fraction of sp³-hybridized carbons (Fsp3) is 0.333. The lowest BCUT2D eigenvalue weighted by Crippen LogP contribution is -2.19. The molecule has 1 aliphatic carbocycles. The molecule has 1 N–H and O–H groups in total. The van der Waals surface area contributed by atoms with Gasteiger partial charge in [0, 0.05) is 23.4 Å². The molecule has 1 aromatic rings. The smallest absolute Gasteiger partial charge is 0.267 e. The van der Waals surface area contributed by atoms with Crippen molar-refractivity contribution in [1.29, 1.82) is 0 Å². The van der Waals surface area contributed by atoms with Gasteiger partial charge in [0.05, 0.1) is 4.92 Å². The van der Waals surface area contributed by atoms with E-state index < -0.39 is 10.8 Å². The summed E-state index contributed by atoms with van der Waals surface area (Å²) >= 11 is 0. The Morgan fingerprint density at radius 3 is 2.83 bits per heavy atom. The first-order valence-electron chi connectivity index (χ1n) is 5.67. The van der Waals surface area contributed by atoms with Gasteiger partial charge in [0.25, 0.3) is 11.6 Å². The van der Waals surface area contributed by atoms with E-state index in [0.29, 0.717) is 5.92 Å². The first-order chi connectivity index (χ1) is 8.58. The molecule has 0 aliphatic heterocycles. The van der Waals surface area contributed by atoms with E-state index >= 15 is 0 Å². The lowest BCUT2D eigenvalue weighted by Gasteiger charge is -2.01. The molecule has 0 heterocycles. The van der Waals surface area contributed by atoms with Gasteiger partial charge in [-0.2, -0.15) is 5.10 Å². The summed E-state index contributed by atoms with van der Waals surface area (Å²) in [5.41, 5.74) is 3.44. The minimum absolute atomic E-state index is 0.106. The van der Waals surface area contributed by atoms with E-state index in [-0.39, 0.29) is 11.3 Å². The lowest BCUT2D eigenvalue weighted by molar-refractivity contribution is -0.384. The second-order valence-corrected chi connectivity index (χ2v) is 4.28. The summed E-state index contributed by atoms with van der Waals surface area (Å²) in [4.78, 5) is 21.8. The van der Waals surface area contributed by atoms with Gasteiger partial charge in [-0.3, -0.25) is 14.9 Å². The van der Waals surface area contributed by atoms with Crippen molar-refractivity contribution in [3.05, 3.63) is 39.9 Å². The van der Waals surface area contributed by atoms with Crippen molar-refractivity contribution in [3.8, 4) is 0 Å². The highest BCUT2D eigenvalue weighted by Gasteiger charge is 2.24. The second-order valence-electron chi connectivity index (χ2n) is 4.28. The normalized spacial score (nSPS) is 15.3. The van der Waals surface area contributed by atoms with E-state index in [0.717, 1.165) is 18.6 Å². The Morgan fingerprint density at radius 2 is 2.22 bits per heavy atom. The quantitative estimate of drug-likeness (QED) is 0.502. The van der Waals surface area contributed by atoms with Gasteiger partial charge >= 0.3 is 0 Å². The molecule has 0 unspecified atom stereocenters. The van der Waals surface area contributed by atoms with Crippen LogP contribution in [-0.4, -0.2) is 16.5 Å². The number of non-ortho nitro benzene ring substituents is 1. The number of carbonyl (C=O) groups is 1. The van der Waals surface area contributed by atoms with Crippen molar-refractivity contribution < 1.29 is 9.72 Å². The maximum Gasteiger partial charge on any atom is 0.271 e. The lowest BCUT2D eigenvalue weighted by atomic mass is 10.2. The van der Waals surface area contributed by atoms with Gasteiger partial charge in [0.1, 0.15) is 0 Å². The third-order valence-corrected chi connectivity index (χ3v) is 2.82. The molecule has 0 radical (unpaired) electrons. The topological polar surface area (TPSA) is 84.6 Å². The van der Waals surface area contributed by atoms with Gasteiger partial charge in [-0.05, 0) is 31.7 Å². The van der Waals surface area contributed by atoms with Gasteiger partial charge in [0.2, 0.25) is 0 Å². The molecule has 1 saturated carbocycles. The molecule has 2 rings (SSSR count). The summed E-state index contributed by atoms with van der Waals surface area (Å²) in [6.07, 6.45) is 2.23. The number of hydrazone groups is 1.